The molecular weight excluding hydrogens is 240 g/mol. The quantitative estimate of drug-likeness (QED) is 0.816. The Bertz CT molecular complexity index is 343. The van der Waals surface area contributed by atoms with Crippen LogP contribution in [0.4, 0.5) is 8.78 Å². The minimum atomic E-state index is -2.78. The maximum atomic E-state index is 12.0. The molecule has 0 aliphatic carbocycles. The first-order valence-electron chi connectivity index (χ1n) is 5.83. The average molecular weight is 259 g/mol. The average Bonchev–Trinajstić information content (AvgIpc) is 2.36. The van der Waals surface area contributed by atoms with Gasteiger partial charge in [0.05, 0.1) is 6.10 Å². The summed E-state index contributed by atoms with van der Waals surface area (Å²) in [6.45, 7) is 1.89. The van der Waals surface area contributed by atoms with Crippen LogP contribution in [0.2, 0.25) is 0 Å². The lowest BCUT2D eigenvalue weighted by molar-refractivity contribution is -0.0498. The van der Waals surface area contributed by atoms with E-state index in [9.17, 15) is 8.78 Å². The van der Waals surface area contributed by atoms with Crippen LogP contribution >= 0.6 is 0 Å². The van der Waals surface area contributed by atoms with Crippen molar-refractivity contribution in [3.8, 4) is 5.75 Å². The largest absolute Gasteiger partial charge is 0.435 e. The van der Waals surface area contributed by atoms with Crippen LogP contribution in [0.15, 0.2) is 24.3 Å². The number of alkyl halides is 2. The number of rotatable bonds is 7. The van der Waals surface area contributed by atoms with Crippen LogP contribution in [0.3, 0.4) is 0 Å². The van der Waals surface area contributed by atoms with E-state index in [4.69, 9.17) is 4.74 Å². The summed E-state index contributed by atoms with van der Waals surface area (Å²) in [4.78, 5) is 0. The van der Waals surface area contributed by atoms with E-state index in [0.717, 1.165) is 5.56 Å². The molecule has 1 aromatic carbocycles. The molecule has 102 valence electrons. The zero-order valence-corrected chi connectivity index (χ0v) is 10.8. The summed E-state index contributed by atoms with van der Waals surface area (Å²) < 4.78 is 33.4. The molecule has 0 heterocycles. The lowest BCUT2D eigenvalue weighted by atomic mass is 10.1. The minimum Gasteiger partial charge on any atom is -0.435 e. The molecule has 1 rings (SSSR count). The summed E-state index contributed by atoms with van der Waals surface area (Å²) >= 11 is 0. The van der Waals surface area contributed by atoms with Crippen LogP contribution < -0.4 is 10.1 Å². The van der Waals surface area contributed by atoms with E-state index in [1.54, 1.807) is 19.2 Å². The second-order valence-corrected chi connectivity index (χ2v) is 4.13. The monoisotopic (exact) mass is 259 g/mol. The van der Waals surface area contributed by atoms with Crippen LogP contribution in [0.25, 0.3) is 0 Å². The van der Waals surface area contributed by atoms with Crippen molar-refractivity contribution in [1.82, 2.24) is 5.32 Å². The van der Waals surface area contributed by atoms with Crippen molar-refractivity contribution in [3.05, 3.63) is 29.8 Å². The van der Waals surface area contributed by atoms with Gasteiger partial charge in [0.25, 0.3) is 0 Å². The summed E-state index contributed by atoms with van der Waals surface area (Å²) in [6, 6.07) is 6.80. The fraction of sp³-hybridized carbons (Fsp3) is 0.538. The molecular formula is C13H19F2NO2. The van der Waals surface area contributed by atoms with E-state index in [2.05, 4.69) is 10.1 Å². The number of methoxy groups -OCH3 is 1. The standard InChI is InChI=1S/C13H19F2NO2/c1-9(10(2)17-3)16-8-11-4-6-12(7-5-11)18-13(14)15/h4-7,9-10,13,16H,8H2,1-3H3. The van der Waals surface area contributed by atoms with Crippen molar-refractivity contribution >= 4 is 0 Å². The van der Waals surface area contributed by atoms with Crippen molar-refractivity contribution in [2.45, 2.75) is 39.1 Å². The Kier molecular flexibility index (Phi) is 6.01. The van der Waals surface area contributed by atoms with Gasteiger partial charge in [-0.3, -0.25) is 0 Å². The Hall–Kier alpha value is -1.20. The molecule has 5 heteroatoms. The first-order chi connectivity index (χ1) is 8.52. The number of halogens is 2. The van der Waals surface area contributed by atoms with E-state index in [1.807, 2.05) is 13.8 Å². The SMILES string of the molecule is COC(C)C(C)NCc1ccc(OC(F)F)cc1. The van der Waals surface area contributed by atoms with Crippen molar-refractivity contribution < 1.29 is 18.3 Å². The Morgan fingerprint density at radius 1 is 1.17 bits per heavy atom. The summed E-state index contributed by atoms with van der Waals surface area (Å²) in [5, 5.41) is 3.30. The van der Waals surface area contributed by atoms with Gasteiger partial charge in [0, 0.05) is 19.7 Å². The molecule has 1 aromatic rings. The fourth-order valence-corrected chi connectivity index (χ4v) is 1.44. The molecule has 0 amide bonds. The van der Waals surface area contributed by atoms with E-state index in [1.165, 1.54) is 12.1 Å². The van der Waals surface area contributed by atoms with Crippen molar-refractivity contribution in [1.29, 1.82) is 0 Å². The molecule has 1 N–H and O–H groups in total. The van der Waals surface area contributed by atoms with Gasteiger partial charge in [-0.05, 0) is 31.5 Å². The summed E-state index contributed by atoms with van der Waals surface area (Å²) in [5.41, 5.74) is 1.01. The van der Waals surface area contributed by atoms with Crippen LogP contribution in [-0.2, 0) is 11.3 Å². The number of nitrogens with one attached hydrogen (secondary N) is 1. The molecule has 2 atom stereocenters. The predicted molar refractivity (Wildman–Crippen MR) is 65.8 cm³/mol. The third-order valence-corrected chi connectivity index (χ3v) is 2.85. The van der Waals surface area contributed by atoms with Crippen molar-refractivity contribution in [2.75, 3.05) is 7.11 Å². The van der Waals surface area contributed by atoms with Gasteiger partial charge in [-0.2, -0.15) is 8.78 Å². The summed E-state index contributed by atoms with van der Waals surface area (Å²) in [5.74, 6) is 0.173. The van der Waals surface area contributed by atoms with Crippen molar-refractivity contribution in [2.24, 2.45) is 0 Å². The third-order valence-electron chi connectivity index (χ3n) is 2.85. The predicted octanol–water partition coefficient (Wildman–Crippen LogP) is 2.80. The Morgan fingerprint density at radius 2 is 1.78 bits per heavy atom. The first-order valence-corrected chi connectivity index (χ1v) is 5.83. The number of benzene rings is 1. The Morgan fingerprint density at radius 3 is 2.28 bits per heavy atom. The molecule has 0 saturated heterocycles. The van der Waals surface area contributed by atoms with Gasteiger partial charge in [-0.25, -0.2) is 0 Å². The van der Waals surface area contributed by atoms with E-state index < -0.39 is 6.61 Å². The zero-order valence-electron chi connectivity index (χ0n) is 10.8. The maximum Gasteiger partial charge on any atom is 0.387 e. The highest BCUT2D eigenvalue weighted by molar-refractivity contribution is 5.27. The molecule has 0 aliphatic rings. The third kappa shape index (κ3) is 4.98. The normalized spacial score (nSPS) is 14.6. The Balaban J connectivity index is 2.44. The smallest absolute Gasteiger partial charge is 0.387 e. The molecule has 0 saturated carbocycles. The van der Waals surface area contributed by atoms with E-state index >= 15 is 0 Å². The first kappa shape index (κ1) is 14.9. The summed E-state index contributed by atoms with van der Waals surface area (Å²) in [6.07, 6.45) is 0.117. The topological polar surface area (TPSA) is 30.5 Å². The van der Waals surface area contributed by atoms with Crippen LogP contribution in [-0.4, -0.2) is 25.9 Å². The van der Waals surface area contributed by atoms with Gasteiger partial charge >= 0.3 is 6.61 Å². The van der Waals surface area contributed by atoms with Gasteiger partial charge in [0.1, 0.15) is 5.75 Å². The highest BCUT2D eigenvalue weighted by Gasteiger charge is 2.10. The maximum absolute atomic E-state index is 12.0. The second kappa shape index (κ2) is 7.28. The van der Waals surface area contributed by atoms with Gasteiger partial charge in [0.15, 0.2) is 0 Å². The van der Waals surface area contributed by atoms with Crippen LogP contribution in [0.1, 0.15) is 19.4 Å². The highest BCUT2D eigenvalue weighted by atomic mass is 19.3. The zero-order chi connectivity index (χ0) is 13.5. The molecule has 3 nitrogen and oxygen atoms in total. The lowest BCUT2D eigenvalue weighted by Gasteiger charge is -2.20. The van der Waals surface area contributed by atoms with Crippen molar-refractivity contribution in [3.63, 3.8) is 0 Å². The molecule has 0 aliphatic heterocycles. The Labute approximate surface area is 106 Å². The minimum absolute atomic E-state index is 0.117. The van der Waals surface area contributed by atoms with E-state index in [-0.39, 0.29) is 17.9 Å². The van der Waals surface area contributed by atoms with Crippen LogP contribution in [0.5, 0.6) is 5.75 Å². The van der Waals surface area contributed by atoms with Gasteiger partial charge in [-0.15, -0.1) is 0 Å². The molecule has 0 spiro atoms. The number of hydrogen-bond donors (Lipinski definition) is 1. The molecule has 18 heavy (non-hydrogen) atoms. The molecule has 0 fully saturated rings. The molecule has 0 aromatic heterocycles. The number of hydrogen-bond acceptors (Lipinski definition) is 3. The summed E-state index contributed by atoms with van der Waals surface area (Å²) in [7, 11) is 1.67. The lowest BCUT2D eigenvalue weighted by Crippen LogP contribution is -2.36. The van der Waals surface area contributed by atoms with E-state index in [0.29, 0.717) is 6.54 Å². The fourth-order valence-electron chi connectivity index (χ4n) is 1.44. The molecule has 2 unspecified atom stereocenters. The van der Waals surface area contributed by atoms with Gasteiger partial charge in [0.2, 0.25) is 0 Å². The molecule has 0 radical (unpaired) electrons. The van der Waals surface area contributed by atoms with Gasteiger partial charge < -0.3 is 14.8 Å². The second-order valence-electron chi connectivity index (χ2n) is 4.13. The highest BCUT2D eigenvalue weighted by Crippen LogP contribution is 2.14. The van der Waals surface area contributed by atoms with Gasteiger partial charge in [-0.1, -0.05) is 12.1 Å². The number of ether oxygens (including phenoxy) is 2. The van der Waals surface area contributed by atoms with Crippen LogP contribution in [0, 0.1) is 0 Å². The molecule has 0 bridgehead atoms.